The molecule has 1 N–H and O–H groups in total. The Morgan fingerprint density at radius 2 is 1.72 bits per heavy atom. The average molecular weight is 252 g/mol. The average Bonchev–Trinajstić information content (AvgIpc) is 2.27. The van der Waals surface area contributed by atoms with Crippen LogP contribution < -0.4 is 5.32 Å². The Kier molecular flexibility index (Phi) is 5.50. The summed E-state index contributed by atoms with van der Waals surface area (Å²) in [6, 6.07) is 0.821. The van der Waals surface area contributed by atoms with Crippen LogP contribution in [0.25, 0.3) is 0 Å². The third-order valence-corrected chi connectivity index (χ3v) is 4.89. The molecule has 1 saturated carbocycles. The maximum absolute atomic E-state index is 3.77. The van der Waals surface area contributed by atoms with Crippen LogP contribution in [-0.2, 0) is 0 Å². The van der Waals surface area contributed by atoms with Crippen molar-refractivity contribution in [2.45, 2.75) is 58.9 Å². The zero-order valence-corrected chi connectivity index (χ0v) is 12.6. The largest absolute Gasteiger partial charge is 0.314 e. The molecule has 2 fully saturated rings. The van der Waals surface area contributed by atoms with E-state index in [1.807, 2.05) is 0 Å². The van der Waals surface area contributed by atoms with Crippen molar-refractivity contribution in [1.82, 2.24) is 10.2 Å². The molecule has 0 spiro atoms. The smallest absolute Gasteiger partial charge is 0.00726 e. The maximum Gasteiger partial charge on any atom is 0.00726 e. The molecule has 1 unspecified atom stereocenters. The van der Waals surface area contributed by atoms with E-state index in [4.69, 9.17) is 0 Å². The molecular formula is C16H32N2. The third kappa shape index (κ3) is 4.24. The zero-order valence-electron chi connectivity index (χ0n) is 12.6. The Morgan fingerprint density at radius 1 is 1.06 bits per heavy atom. The minimum absolute atomic E-state index is 0.807. The van der Waals surface area contributed by atoms with Gasteiger partial charge in [-0.05, 0) is 63.1 Å². The maximum atomic E-state index is 3.77. The summed E-state index contributed by atoms with van der Waals surface area (Å²) in [6.45, 7) is 12.3. The van der Waals surface area contributed by atoms with Crippen LogP contribution in [0.4, 0.5) is 0 Å². The molecular weight excluding hydrogens is 220 g/mol. The lowest BCUT2D eigenvalue weighted by Crippen LogP contribution is -2.46. The lowest BCUT2D eigenvalue weighted by Gasteiger charge is -2.39. The highest BCUT2D eigenvalue weighted by atomic mass is 15.1. The lowest BCUT2D eigenvalue weighted by atomic mass is 9.73. The molecule has 1 aliphatic carbocycles. The normalized spacial score (nSPS) is 31.3. The summed E-state index contributed by atoms with van der Waals surface area (Å²) < 4.78 is 0. The second kappa shape index (κ2) is 6.91. The van der Waals surface area contributed by atoms with Gasteiger partial charge in [-0.3, -0.25) is 0 Å². The van der Waals surface area contributed by atoms with E-state index in [0.29, 0.717) is 0 Å². The first-order valence-corrected chi connectivity index (χ1v) is 8.11. The molecule has 1 atom stereocenters. The quantitative estimate of drug-likeness (QED) is 0.781. The van der Waals surface area contributed by atoms with Crippen molar-refractivity contribution in [2.24, 2.45) is 17.8 Å². The van der Waals surface area contributed by atoms with E-state index in [-0.39, 0.29) is 0 Å². The van der Waals surface area contributed by atoms with Crippen molar-refractivity contribution < 1.29 is 0 Å². The van der Waals surface area contributed by atoms with E-state index >= 15 is 0 Å². The summed E-state index contributed by atoms with van der Waals surface area (Å²) >= 11 is 0. The number of nitrogens with zero attached hydrogens (tertiary/aromatic N) is 1. The van der Waals surface area contributed by atoms with Crippen LogP contribution >= 0.6 is 0 Å². The number of piperidine rings is 1. The highest BCUT2D eigenvalue weighted by Crippen LogP contribution is 2.33. The fraction of sp³-hybridized carbons (Fsp3) is 1.00. The molecule has 2 nitrogen and oxygen atoms in total. The molecule has 1 saturated heterocycles. The van der Waals surface area contributed by atoms with Gasteiger partial charge in [0.1, 0.15) is 0 Å². The molecule has 0 aromatic rings. The minimum Gasteiger partial charge on any atom is -0.314 e. The number of rotatable bonds is 6. The van der Waals surface area contributed by atoms with E-state index in [1.54, 1.807) is 0 Å². The monoisotopic (exact) mass is 252 g/mol. The Hall–Kier alpha value is -0.0800. The van der Waals surface area contributed by atoms with Crippen molar-refractivity contribution in [3.8, 4) is 0 Å². The number of nitrogens with one attached hydrogen (secondary N) is 1. The van der Waals surface area contributed by atoms with Crippen LogP contribution in [0, 0.1) is 17.8 Å². The molecule has 2 heteroatoms. The van der Waals surface area contributed by atoms with Crippen LogP contribution in [0.2, 0.25) is 0 Å². The van der Waals surface area contributed by atoms with Crippen molar-refractivity contribution >= 4 is 0 Å². The standard InChI is InChI=1S/C16H32N2/c1-13(2)15-9-16(10-15)17-11-14(3)12-18-7-5-4-6-8-18/h13-17H,4-12H2,1-3H3. The summed E-state index contributed by atoms with van der Waals surface area (Å²) in [5, 5.41) is 3.77. The second-order valence-corrected chi connectivity index (χ2v) is 7.05. The van der Waals surface area contributed by atoms with Gasteiger partial charge in [0, 0.05) is 12.6 Å². The van der Waals surface area contributed by atoms with E-state index in [2.05, 4.69) is 31.0 Å². The van der Waals surface area contributed by atoms with Gasteiger partial charge in [-0.15, -0.1) is 0 Å². The molecule has 106 valence electrons. The molecule has 0 aromatic heterocycles. The predicted octanol–water partition coefficient (Wildman–Crippen LogP) is 3.13. The molecule has 1 heterocycles. The van der Waals surface area contributed by atoms with E-state index < -0.39 is 0 Å². The van der Waals surface area contributed by atoms with Crippen molar-refractivity contribution in [1.29, 1.82) is 0 Å². The summed E-state index contributed by atoms with van der Waals surface area (Å²) in [7, 11) is 0. The predicted molar refractivity (Wildman–Crippen MR) is 78.8 cm³/mol. The SMILES string of the molecule is CC(CNC1CC(C(C)C)C1)CN1CCCCC1. The van der Waals surface area contributed by atoms with Crippen molar-refractivity contribution in [3.05, 3.63) is 0 Å². The topological polar surface area (TPSA) is 15.3 Å². The fourth-order valence-corrected chi connectivity index (χ4v) is 3.39. The van der Waals surface area contributed by atoms with Crippen LogP contribution in [-0.4, -0.2) is 37.1 Å². The Balaban J connectivity index is 1.54. The van der Waals surface area contributed by atoms with Gasteiger partial charge in [-0.25, -0.2) is 0 Å². The number of likely N-dealkylation sites (tertiary alicyclic amines) is 1. The zero-order chi connectivity index (χ0) is 13.0. The summed E-state index contributed by atoms with van der Waals surface area (Å²) in [5.74, 6) is 2.68. The van der Waals surface area contributed by atoms with Gasteiger partial charge >= 0.3 is 0 Å². The van der Waals surface area contributed by atoms with Crippen molar-refractivity contribution in [3.63, 3.8) is 0 Å². The van der Waals surface area contributed by atoms with Gasteiger partial charge in [0.05, 0.1) is 0 Å². The summed E-state index contributed by atoms with van der Waals surface area (Å²) in [4.78, 5) is 2.66. The van der Waals surface area contributed by atoms with E-state index in [9.17, 15) is 0 Å². The van der Waals surface area contributed by atoms with Gasteiger partial charge in [0.25, 0.3) is 0 Å². The van der Waals surface area contributed by atoms with Gasteiger partial charge in [0.2, 0.25) is 0 Å². The van der Waals surface area contributed by atoms with Gasteiger partial charge in [0.15, 0.2) is 0 Å². The molecule has 0 radical (unpaired) electrons. The van der Waals surface area contributed by atoms with Crippen LogP contribution in [0.3, 0.4) is 0 Å². The third-order valence-electron chi connectivity index (χ3n) is 4.89. The second-order valence-electron chi connectivity index (χ2n) is 7.05. The molecule has 2 aliphatic rings. The Labute approximate surface area is 114 Å². The van der Waals surface area contributed by atoms with Crippen LogP contribution in [0.15, 0.2) is 0 Å². The first-order chi connectivity index (χ1) is 8.65. The Morgan fingerprint density at radius 3 is 2.33 bits per heavy atom. The highest BCUT2D eigenvalue weighted by Gasteiger charge is 2.30. The molecule has 1 aliphatic heterocycles. The van der Waals surface area contributed by atoms with Crippen LogP contribution in [0.1, 0.15) is 52.9 Å². The molecule has 0 aromatic carbocycles. The minimum atomic E-state index is 0.807. The molecule has 2 rings (SSSR count). The van der Waals surface area contributed by atoms with E-state index in [1.165, 1.54) is 58.3 Å². The molecule has 18 heavy (non-hydrogen) atoms. The fourth-order valence-electron chi connectivity index (χ4n) is 3.39. The first kappa shape index (κ1) is 14.3. The summed E-state index contributed by atoms with van der Waals surface area (Å²) in [5.41, 5.74) is 0. The Bertz CT molecular complexity index is 227. The number of hydrogen-bond acceptors (Lipinski definition) is 2. The van der Waals surface area contributed by atoms with Gasteiger partial charge < -0.3 is 10.2 Å². The lowest BCUT2D eigenvalue weighted by molar-refractivity contribution is 0.154. The highest BCUT2D eigenvalue weighted by molar-refractivity contribution is 4.87. The van der Waals surface area contributed by atoms with E-state index in [0.717, 1.165) is 23.8 Å². The summed E-state index contributed by atoms with van der Waals surface area (Å²) in [6.07, 6.45) is 7.10. The van der Waals surface area contributed by atoms with Gasteiger partial charge in [-0.1, -0.05) is 27.2 Å². The number of hydrogen-bond donors (Lipinski definition) is 1. The molecule has 0 bridgehead atoms. The van der Waals surface area contributed by atoms with Crippen molar-refractivity contribution in [2.75, 3.05) is 26.2 Å². The van der Waals surface area contributed by atoms with Gasteiger partial charge in [-0.2, -0.15) is 0 Å². The van der Waals surface area contributed by atoms with Crippen LogP contribution in [0.5, 0.6) is 0 Å². The first-order valence-electron chi connectivity index (χ1n) is 8.11. The molecule has 0 amide bonds.